The third-order valence-corrected chi connectivity index (χ3v) is 5.35. The summed E-state index contributed by atoms with van der Waals surface area (Å²) < 4.78 is 10.8. The number of carbonyl (C=O) groups excluding carboxylic acids is 3. The normalized spacial score (nSPS) is 10.7. The number of hydrogen-bond donors (Lipinski definition) is 1. The largest absolute Gasteiger partial charge is 0.487 e. The topological polar surface area (TPSA) is 98.3 Å². The zero-order valence-corrected chi connectivity index (χ0v) is 18.0. The van der Waals surface area contributed by atoms with E-state index in [9.17, 15) is 14.4 Å². The SMILES string of the molecule is CC(=O)c1c(C)[nH]c(C(=O)COC(=O)c2cccc(OCc3csc(C)n3)c2)c1C. The lowest BCUT2D eigenvalue weighted by Crippen LogP contribution is -2.15. The highest BCUT2D eigenvalue weighted by atomic mass is 32.1. The van der Waals surface area contributed by atoms with Crippen LogP contribution >= 0.6 is 11.3 Å². The van der Waals surface area contributed by atoms with E-state index in [0.717, 1.165) is 10.7 Å². The molecule has 7 nitrogen and oxygen atoms in total. The quantitative estimate of drug-likeness (QED) is 0.428. The molecule has 1 aromatic carbocycles. The van der Waals surface area contributed by atoms with Gasteiger partial charge >= 0.3 is 5.97 Å². The van der Waals surface area contributed by atoms with Crippen molar-refractivity contribution in [3.8, 4) is 5.75 Å². The summed E-state index contributed by atoms with van der Waals surface area (Å²) in [6, 6.07) is 6.56. The molecule has 0 fully saturated rings. The van der Waals surface area contributed by atoms with Gasteiger partial charge in [0.1, 0.15) is 12.4 Å². The number of thiazole rings is 1. The maximum absolute atomic E-state index is 12.5. The number of H-pyrrole nitrogens is 1. The summed E-state index contributed by atoms with van der Waals surface area (Å²) in [5.41, 5.74) is 3.05. The second-order valence-corrected chi connectivity index (χ2v) is 7.92. The molecule has 8 heteroatoms. The Balaban J connectivity index is 1.61. The molecule has 0 aliphatic carbocycles. The Morgan fingerprint density at radius 1 is 1.17 bits per heavy atom. The van der Waals surface area contributed by atoms with E-state index in [0.29, 0.717) is 29.2 Å². The number of aromatic amines is 1. The van der Waals surface area contributed by atoms with Gasteiger partial charge in [0, 0.05) is 16.6 Å². The first-order chi connectivity index (χ1) is 14.3. The van der Waals surface area contributed by atoms with E-state index in [1.54, 1.807) is 49.4 Å². The fraction of sp³-hybridized carbons (Fsp3) is 0.273. The molecule has 0 radical (unpaired) electrons. The molecule has 0 atom stereocenters. The first-order valence-electron chi connectivity index (χ1n) is 9.30. The first kappa shape index (κ1) is 21.4. The summed E-state index contributed by atoms with van der Waals surface area (Å²) in [6.45, 7) is 6.65. The Morgan fingerprint density at radius 3 is 2.57 bits per heavy atom. The predicted molar refractivity (Wildman–Crippen MR) is 113 cm³/mol. The van der Waals surface area contributed by atoms with E-state index >= 15 is 0 Å². The fourth-order valence-electron chi connectivity index (χ4n) is 3.19. The number of ketones is 2. The van der Waals surface area contributed by atoms with Crippen LogP contribution in [0.4, 0.5) is 0 Å². The van der Waals surface area contributed by atoms with Crippen LogP contribution in [0.3, 0.4) is 0 Å². The van der Waals surface area contributed by atoms with Gasteiger partial charge in [0.15, 0.2) is 12.4 Å². The molecule has 2 aromatic heterocycles. The van der Waals surface area contributed by atoms with Crippen molar-refractivity contribution >= 4 is 28.9 Å². The molecule has 0 bridgehead atoms. The van der Waals surface area contributed by atoms with E-state index in [4.69, 9.17) is 9.47 Å². The average Bonchev–Trinajstić information content (AvgIpc) is 3.26. The van der Waals surface area contributed by atoms with E-state index in [1.807, 2.05) is 12.3 Å². The number of carbonyl (C=O) groups is 3. The molecule has 0 spiro atoms. The van der Waals surface area contributed by atoms with Crippen LogP contribution in [0.25, 0.3) is 0 Å². The van der Waals surface area contributed by atoms with Crippen LogP contribution in [-0.4, -0.2) is 34.1 Å². The Morgan fingerprint density at radius 2 is 1.93 bits per heavy atom. The van der Waals surface area contributed by atoms with Gasteiger partial charge in [0.2, 0.25) is 5.78 Å². The minimum Gasteiger partial charge on any atom is -0.487 e. The Bertz CT molecular complexity index is 1110. The summed E-state index contributed by atoms with van der Waals surface area (Å²) in [5.74, 6) is -0.654. The third-order valence-electron chi connectivity index (χ3n) is 4.53. The van der Waals surface area contributed by atoms with Crippen LogP contribution in [0.5, 0.6) is 5.75 Å². The Labute approximate surface area is 178 Å². The minimum absolute atomic E-state index is 0.123. The van der Waals surface area contributed by atoms with E-state index in [2.05, 4.69) is 9.97 Å². The average molecular weight is 426 g/mol. The predicted octanol–water partition coefficient (Wildman–Crippen LogP) is 4.22. The van der Waals surface area contributed by atoms with Crippen molar-refractivity contribution in [2.75, 3.05) is 6.61 Å². The lowest BCUT2D eigenvalue weighted by molar-refractivity contribution is 0.0473. The van der Waals surface area contributed by atoms with Crippen molar-refractivity contribution in [1.29, 1.82) is 0 Å². The minimum atomic E-state index is -0.633. The van der Waals surface area contributed by atoms with Crippen molar-refractivity contribution in [3.05, 3.63) is 68.4 Å². The highest BCUT2D eigenvalue weighted by Crippen LogP contribution is 2.20. The van der Waals surface area contributed by atoms with Crippen molar-refractivity contribution in [2.45, 2.75) is 34.3 Å². The number of aryl methyl sites for hydroxylation is 2. The highest BCUT2D eigenvalue weighted by Gasteiger charge is 2.21. The van der Waals surface area contributed by atoms with Gasteiger partial charge in [-0.1, -0.05) is 6.07 Å². The monoisotopic (exact) mass is 426 g/mol. The summed E-state index contributed by atoms with van der Waals surface area (Å²) in [4.78, 5) is 43.8. The summed E-state index contributed by atoms with van der Waals surface area (Å²) >= 11 is 1.54. The Kier molecular flexibility index (Phi) is 6.47. The maximum Gasteiger partial charge on any atom is 0.338 e. The molecule has 0 aliphatic heterocycles. The number of esters is 1. The first-order valence-corrected chi connectivity index (χ1v) is 10.2. The molecule has 0 unspecified atom stereocenters. The zero-order valence-electron chi connectivity index (χ0n) is 17.2. The maximum atomic E-state index is 12.5. The van der Waals surface area contributed by atoms with E-state index < -0.39 is 18.4 Å². The fourth-order valence-corrected chi connectivity index (χ4v) is 3.79. The molecule has 0 saturated heterocycles. The third kappa shape index (κ3) is 4.83. The molecular weight excluding hydrogens is 404 g/mol. The second-order valence-electron chi connectivity index (χ2n) is 6.85. The summed E-state index contributed by atoms with van der Waals surface area (Å²) in [5, 5.41) is 2.87. The number of benzene rings is 1. The molecule has 30 heavy (non-hydrogen) atoms. The molecule has 156 valence electrons. The number of Topliss-reactive ketones (excluding diaryl/α,β-unsaturated/α-hetero) is 2. The van der Waals surface area contributed by atoms with Gasteiger partial charge in [0.05, 0.1) is 22.0 Å². The molecule has 0 aliphatic rings. The van der Waals surface area contributed by atoms with Crippen molar-refractivity contribution < 1.29 is 23.9 Å². The van der Waals surface area contributed by atoms with Crippen molar-refractivity contribution in [3.63, 3.8) is 0 Å². The van der Waals surface area contributed by atoms with E-state index in [1.165, 1.54) is 6.92 Å². The number of ether oxygens (including phenoxy) is 2. The molecule has 3 rings (SSSR count). The lowest BCUT2D eigenvalue weighted by Gasteiger charge is -2.07. The molecule has 0 saturated carbocycles. The smallest absolute Gasteiger partial charge is 0.338 e. The summed E-state index contributed by atoms with van der Waals surface area (Å²) in [7, 11) is 0. The molecule has 1 N–H and O–H groups in total. The number of aromatic nitrogens is 2. The number of nitrogens with one attached hydrogen (secondary N) is 1. The van der Waals surface area contributed by atoms with Gasteiger partial charge < -0.3 is 14.5 Å². The number of rotatable bonds is 8. The van der Waals surface area contributed by atoms with Crippen molar-refractivity contribution in [2.24, 2.45) is 0 Å². The van der Waals surface area contributed by atoms with Gasteiger partial charge in [-0.15, -0.1) is 11.3 Å². The van der Waals surface area contributed by atoms with Crippen LogP contribution < -0.4 is 4.74 Å². The standard InChI is InChI=1S/C22H22N2O5S/c1-12-20(14(3)25)13(2)23-21(12)19(26)10-29-22(27)16-6-5-7-18(8-16)28-9-17-11-30-15(4)24-17/h5-8,11,23H,9-10H2,1-4H3. The van der Waals surface area contributed by atoms with Crippen LogP contribution in [0.15, 0.2) is 29.6 Å². The molecule has 2 heterocycles. The van der Waals surface area contributed by atoms with Crippen LogP contribution in [0, 0.1) is 20.8 Å². The molecule has 3 aromatic rings. The van der Waals surface area contributed by atoms with Crippen molar-refractivity contribution in [1.82, 2.24) is 9.97 Å². The van der Waals surface area contributed by atoms with Gasteiger partial charge in [-0.3, -0.25) is 9.59 Å². The summed E-state index contributed by atoms with van der Waals surface area (Å²) in [6.07, 6.45) is 0. The van der Waals surface area contributed by atoms with Gasteiger partial charge in [-0.05, 0) is 51.5 Å². The zero-order chi connectivity index (χ0) is 21.8. The van der Waals surface area contributed by atoms with E-state index in [-0.39, 0.29) is 17.0 Å². The van der Waals surface area contributed by atoms with Crippen LogP contribution in [0.2, 0.25) is 0 Å². The van der Waals surface area contributed by atoms with Gasteiger partial charge in [0.25, 0.3) is 0 Å². The van der Waals surface area contributed by atoms with Gasteiger partial charge in [-0.2, -0.15) is 0 Å². The lowest BCUT2D eigenvalue weighted by atomic mass is 10.1. The van der Waals surface area contributed by atoms with Crippen LogP contribution in [-0.2, 0) is 11.3 Å². The van der Waals surface area contributed by atoms with Gasteiger partial charge in [-0.25, -0.2) is 9.78 Å². The number of nitrogens with zero attached hydrogens (tertiary/aromatic N) is 1. The van der Waals surface area contributed by atoms with Crippen LogP contribution in [0.1, 0.15) is 60.1 Å². The number of hydrogen-bond acceptors (Lipinski definition) is 7. The molecular formula is C22H22N2O5S. The highest BCUT2D eigenvalue weighted by molar-refractivity contribution is 7.09. The molecule has 0 amide bonds. The Hall–Kier alpha value is -3.26. The second kappa shape index (κ2) is 9.04.